The van der Waals surface area contributed by atoms with Gasteiger partial charge in [0.1, 0.15) is 0 Å². The minimum absolute atomic E-state index is 0.0677. The first-order valence-electron chi connectivity index (χ1n) is 5.60. The molecule has 0 atom stereocenters. The molecule has 1 aromatic rings. The largest absolute Gasteiger partial charge is 0.464 e. The first-order chi connectivity index (χ1) is 8.72. The highest BCUT2D eigenvalue weighted by atomic mass is 16.5. The number of nitrogens with one attached hydrogen (secondary N) is 2. The van der Waals surface area contributed by atoms with E-state index in [0.29, 0.717) is 25.6 Å². The predicted molar refractivity (Wildman–Crippen MR) is 64.0 cm³/mol. The maximum absolute atomic E-state index is 11.3. The Bertz CT molecular complexity index is 439. The predicted octanol–water partition coefficient (Wildman–Crippen LogP) is -1.51. The topological polar surface area (TPSA) is 118 Å². The molecule has 1 aliphatic heterocycles. The van der Waals surface area contributed by atoms with Crippen LogP contribution < -0.4 is 26.2 Å². The minimum Gasteiger partial charge on any atom is -0.464 e. The van der Waals surface area contributed by atoms with Crippen molar-refractivity contribution >= 4 is 17.8 Å². The molecular weight excluding hydrogens is 238 g/mol. The van der Waals surface area contributed by atoms with Gasteiger partial charge in [-0.05, 0) is 6.92 Å². The third-order valence-corrected chi connectivity index (χ3v) is 2.33. The van der Waals surface area contributed by atoms with Crippen LogP contribution in [0, 0.1) is 0 Å². The third kappa shape index (κ3) is 2.74. The highest BCUT2D eigenvalue weighted by Crippen LogP contribution is 2.15. The molecule has 9 heteroatoms. The Labute approximate surface area is 104 Å². The van der Waals surface area contributed by atoms with Crippen molar-refractivity contribution in [1.29, 1.82) is 0 Å². The number of nitrogens with zero attached hydrogens (tertiary/aromatic N) is 4. The molecule has 2 rings (SSSR count). The number of amides is 1. The fourth-order valence-corrected chi connectivity index (χ4v) is 1.55. The smallest absolute Gasteiger partial charge is 0.323 e. The average Bonchev–Trinajstić information content (AvgIpc) is 2.39. The molecule has 1 aromatic heterocycles. The van der Waals surface area contributed by atoms with Crippen LogP contribution >= 0.6 is 0 Å². The molecule has 1 fully saturated rings. The zero-order valence-corrected chi connectivity index (χ0v) is 10.0. The first kappa shape index (κ1) is 12.3. The second-order valence-corrected chi connectivity index (χ2v) is 3.59. The Morgan fingerprint density at radius 2 is 2.33 bits per heavy atom. The summed E-state index contributed by atoms with van der Waals surface area (Å²) in [4.78, 5) is 25.2. The maximum atomic E-state index is 11.3. The van der Waals surface area contributed by atoms with Crippen molar-refractivity contribution in [2.75, 3.05) is 36.6 Å². The van der Waals surface area contributed by atoms with Crippen molar-refractivity contribution < 1.29 is 9.53 Å². The third-order valence-electron chi connectivity index (χ3n) is 2.33. The van der Waals surface area contributed by atoms with Crippen molar-refractivity contribution in [2.45, 2.75) is 6.92 Å². The molecule has 0 unspecified atom stereocenters. The number of hydrogen-bond donors (Lipinski definition) is 3. The Hall–Kier alpha value is -2.16. The van der Waals surface area contributed by atoms with Crippen molar-refractivity contribution in [1.82, 2.24) is 20.3 Å². The van der Waals surface area contributed by atoms with Crippen LogP contribution in [0.1, 0.15) is 6.92 Å². The zero-order valence-electron chi connectivity index (χ0n) is 10.0. The van der Waals surface area contributed by atoms with Gasteiger partial charge in [0.25, 0.3) is 0 Å². The van der Waals surface area contributed by atoms with Crippen molar-refractivity contribution in [3.63, 3.8) is 0 Å². The summed E-state index contributed by atoms with van der Waals surface area (Å²) in [6.45, 7) is 3.66. The van der Waals surface area contributed by atoms with Gasteiger partial charge in [0, 0.05) is 13.1 Å². The van der Waals surface area contributed by atoms with Crippen molar-refractivity contribution in [3.8, 4) is 6.01 Å². The molecule has 9 nitrogen and oxygen atoms in total. The number of hydrogen-bond acceptors (Lipinski definition) is 8. The monoisotopic (exact) mass is 253 g/mol. The average molecular weight is 253 g/mol. The SMILES string of the molecule is CCOc1nc(NN)nc(N2CCNC(=O)C2)n1. The number of aromatic nitrogens is 3. The molecule has 4 N–H and O–H groups in total. The van der Waals surface area contributed by atoms with E-state index >= 15 is 0 Å². The number of carbonyl (C=O) groups excluding carboxylic acids is 1. The van der Waals surface area contributed by atoms with Gasteiger partial charge < -0.3 is 15.0 Å². The molecular formula is C9H15N7O2. The fourth-order valence-electron chi connectivity index (χ4n) is 1.55. The summed E-state index contributed by atoms with van der Waals surface area (Å²) in [6.07, 6.45) is 0. The van der Waals surface area contributed by atoms with E-state index in [1.165, 1.54) is 0 Å². The van der Waals surface area contributed by atoms with E-state index in [1.54, 1.807) is 4.90 Å². The van der Waals surface area contributed by atoms with E-state index in [2.05, 4.69) is 25.7 Å². The van der Waals surface area contributed by atoms with E-state index in [-0.39, 0.29) is 24.4 Å². The van der Waals surface area contributed by atoms with Gasteiger partial charge in [0.05, 0.1) is 13.2 Å². The standard InChI is InChI=1S/C9H15N7O2/c1-2-18-9-13-7(15-10)12-8(14-9)16-4-3-11-6(17)5-16/h2-5,10H2,1H3,(H,11,17)(H,12,13,14,15). The van der Waals surface area contributed by atoms with E-state index in [9.17, 15) is 4.79 Å². The summed E-state index contributed by atoms with van der Waals surface area (Å²) in [6, 6.07) is 0.182. The molecule has 1 amide bonds. The van der Waals surface area contributed by atoms with Crippen LogP contribution in [0.4, 0.5) is 11.9 Å². The second-order valence-electron chi connectivity index (χ2n) is 3.59. The lowest BCUT2D eigenvalue weighted by Gasteiger charge is -2.26. The molecule has 0 aromatic carbocycles. The summed E-state index contributed by atoms with van der Waals surface area (Å²) >= 11 is 0. The van der Waals surface area contributed by atoms with Gasteiger partial charge in [-0.25, -0.2) is 5.84 Å². The van der Waals surface area contributed by atoms with Crippen LogP contribution in [0.5, 0.6) is 6.01 Å². The van der Waals surface area contributed by atoms with Gasteiger partial charge in [0.15, 0.2) is 0 Å². The second kappa shape index (κ2) is 5.45. The number of nitrogen functional groups attached to an aromatic ring is 1. The van der Waals surface area contributed by atoms with E-state index in [1.807, 2.05) is 6.92 Å². The van der Waals surface area contributed by atoms with Crippen molar-refractivity contribution in [3.05, 3.63) is 0 Å². The Morgan fingerprint density at radius 3 is 3.00 bits per heavy atom. The summed E-state index contributed by atoms with van der Waals surface area (Å²) in [5.74, 6) is 5.79. The molecule has 2 heterocycles. The maximum Gasteiger partial charge on any atom is 0.323 e. The molecule has 0 radical (unpaired) electrons. The lowest BCUT2D eigenvalue weighted by Crippen LogP contribution is -2.48. The summed E-state index contributed by atoms with van der Waals surface area (Å²) in [7, 11) is 0. The number of hydrazine groups is 1. The molecule has 1 saturated heterocycles. The van der Waals surface area contributed by atoms with Gasteiger partial charge in [0.2, 0.25) is 17.8 Å². The lowest BCUT2D eigenvalue weighted by atomic mass is 10.4. The van der Waals surface area contributed by atoms with Crippen LogP contribution in [-0.4, -0.2) is 47.1 Å². The summed E-state index contributed by atoms with van der Waals surface area (Å²) < 4.78 is 5.22. The molecule has 0 saturated carbocycles. The Kier molecular flexibility index (Phi) is 3.72. The van der Waals surface area contributed by atoms with Gasteiger partial charge in [-0.2, -0.15) is 15.0 Å². The van der Waals surface area contributed by atoms with Crippen LogP contribution in [-0.2, 0) is 4.79 Å². The van der Waals surface area contributed by atoms with Crippen LogP contribution in [0.15, 0.2) is 0 Å². The molecule has 0 spiro atoms. The molecule has 0 aliphatic carbocycles. The fraction of sp³-hybridized carbons (Fsp3) is 0.556. The van der Waals surface area contributed by atoms with Crippen LogP contribution in [0.3, 0.4) is 0 Å². The highest BCUT2D eigenvalue weighted by Gasteiger charge is 2.20. The summed E-state index contributed by atoms with van der Waals surface area (Å²) in [5.41, 5.74) is 2.35. The van der Waals surface area contributed by atoms with E-state index in [0.717, 1.165) is 0 Å². The number of anilines is 2. The number of ether oxygens (including phenoxy) is 1. The van der Waals surface area contributed by atoms with Gasteiger partial charge in [-0.3, -0.25) is 10.2 Å². The minimum atomic E-state index is -0.0677. The van der Waals surface area contributed by atoms with E-state index < -0.39 is 0 Å². The highest BCUT2D eigenvalue weighted by molar-refractivity contribution is 5.81. The molecule has 98 valence electrons. The number of piperazine rings is 1. The first-order valence-corrected chi connectivity index (χ1v) is 5.60. The molecule has 18 heavy (non-hydrogen) atoms. The molecule has 1 aliphatic rings. The summed E-state index contributed by atoms with van der Waals surface area (Å²) in [5, 5.41) is 2.73. The van der Waals surface area contributed by atoms with Crippen LogP contribution in [0.2, 0.25) is 0 Å². The lowest BCUT2D eigenvalue weighted by molar-refractivity contribution is -0.120. The van der Waals surface area contributed by atoms with Gasteiger partial charge in [-0.1, -0.05) is 0 Å². The number of nitrogens with two attached hydrogens (primary N) is 1. The quantitative estimate of drug-likeness (QED) is 0.438. The van der Waals surface area contributed by atoms with Crippen molar-refractivity contribution in [2.24, 2.45) is 5.84 Å². The molecule has 0 bridgehead atoms. The van der Waals surface area contributed by atoms with E-state index in [4.69, 9.17) is 10.6 Å². The Morgan fingerprint density at radius 1 is 1.50 bits per heavy atom. The van der Waals surface area contributed by atoms with Gasteiger partial charge in [-0.15, -0.1) is 0 Å². The van der Waals surface area contributed by atoms with Crippen LogP contribution in [0.25, 0.3) is 0 Å². The van der Waals surface area contributed by atoms with Gasteiger partial charge >= 0.3 is 6.01 Å². The Balaban J connectivity index is 2.24. The zero-order chi connectivity index (χ0) is 13.0. The number of rotatable bonds is 4. The number of carbonyl (C=O) groups is 1. The normalized spacial score (nSPS) is 15.2.